The van der Waals surface area contributed by atoms with Crippen LogP contribution in [0.15, 0.2) is 53.1 Å². The Labute approximate surface area is 175 Å². The van der Waals surface area contributed by atoms with E-state index in [0.29, 0.717) is 35.3 Å². The molecule has 0 aliphatic heterocycles. The first-order valence-corrected chi connectivity index (χ1v) is 9.04. The summed E-state index contributed by atoms with van der Waals surface area (Å²) >= 11 is 5.99. The Morgan fingerprint density at radius 1 is 1.29 bits per heavy atom. The second-order valence-corrected chi connectivity index (χ2v) is 7.75. The molecular formula is C20H24Cl2N4O2. The molecule has 1 amide bonds. The molecule has 0 spiro atoms. The summed E-state index contributed by atoms with van der Waals surface area (Å²) in [6, 6.07) is 12.6. The van der Waals surface area contributed by atoms with Crippen molar-refractivity contribution in [3.05, 3.63) is 59.4 Å². The number of furan rings is 1. The first kappa shape index (κ1) is 22.0. The number of halogens is 2. The average molecular weight is 423 g/mol. The molecular weight excluding hydrogens is 399 g/mol. The first-order chi connectivity index (χ1) is 12.8. The Kier molecular flexibility index (Phi) is 6.93. The number of nitrogens with two attached hydrogens (primary N) is 1. The maximum absolute atomic E-state index is 12.9. The molecule has 0 aliphatic carbocycles. The third kappa shape index (κ3) is 4.76. The highest BCUT2D eigenvalue weighted by Gasteiger charge is 2.25. The second-order valence-electron chi connectivity index (χ2n) is 7.31. The SMILES string of the molecule is CN(CC(C)(C)CN)C(=O)c1cc(-c2ccco2)n(-c2ccc(Cl)cc2)n1.Cl. The third-order valence-corrected chi connectivity index (χ3v) is 4.59. The summed E-state index contributed by atoms with van der Waals surface area (Å²) in [5.41, 5.74) is 7.44. The van der Waals surface area contributed by atoms with Gasteiger partial charge in [-0.3, -0.25) is 4.79 Å². The van der Waals surface area contributed by atoms with Gasteiger partial charge in [0.1, 0.15) is 5.69 Å². The zero-order valence-electron chi connectivity index (χ0n) is 16.1. The van der Waals surface area contributed by atoms with Crippen LogP contribution in [-0.2, 0) is 0 Å². The normalized spacial score (nSPS) is 11.2. The van der Waals surface area contributed by atoms with Crippen LogP contribution in [0.4, 0.5) is 0 Å². The molecule has 0 radical (unpaired) electrons. The van der Waals surface area contributed by atoms with E-state index in [-0.39, 0.29) is 23.7 Å². The Bertz CT molecular complexity index is 918. The Hall–Kier alpha value is -2.28. The van der Waals surface area contributed by atoms with E-state index in [9.17, 15) is 4.79 Å². The number of hydrogen-bond donors (Lipinski definition) is 1. The zero-order valence-corrected chi connectivity index (χ0v) is 17.6. The number of amides is 1. The van der Waals surface area contributed by atoms with Crippen LogP contribution < -0.4 is 5.73 Å². The van der Waals surface area contributed by atoms with Crippen LogP contribution in [-0.4, -0.2) is 40.7 Å². The van der Waals surface area contributed by atoms with Crippen molar-refractivity contribution < 1.29 is 9.21 Å². The quantitative estimate of drug-likeness (QED) is 0.643. The molecule has 0 atom stereocenters. The van der Waals surface area contributed by atoms with Gasteiger partial charge in [-0.25, -0.2) is 4.68 Å². The van der Waals surface area contributed by atoms with Crippen LogP contribution in [0.5, 0.6) is 0 Å². The average Bonchev–Trinajstić information content (AvgIpc) is 3.31. The largest absolute Gasteiger partial charge is 0.463 e. The van der Waals surface area contributed by atoms with E-state index >= 15 is 0 Å². The van der Waals surface area contributed by atoms with E-state index in [1.807, 2.05) is 32.0 Å². The Balaban J connectivity index is 0.00000280. The lowest BCUT2D eigenvalue weighted by atomic mass is 9.93. The molecule has 8 heteroatoms. The van der Waals surface area contributed by atoms with Crippen molar-refractivity contribution in [2.45, 2.75) is 13.8 Å². The topological polar surface area (TPSA) is 77.3 Å². The molecule has 0 saturated heterocycles. The summed E-state index contributed by atoms with van der Waals surface area (Å²) in [5, 5.41) is 5.16. The molecule has 28 heavy (non-hydrogen) atoms. The van der Waals surface area contributed by atoms with Crippen molar-refractivity contribution >= 4 is 29.9 Å². The summed E-state index contributed by atoms with van der Waals surface area (Å²) in [7, 11) is 1.76. The lowest BCUT2D eigenvalue weighted by Gasteiger charge is -2.28. The minimum absolute atomic E-state index is 0. The van der Waals surface area contributed by atoms with Crippen molar-refractivity contribution in [2.24, 2.45) is 11.1 Å². The third-order valence-electron chi connectivity index (χ3n) is 4.34. The number of aromatic nitrogens is 2. The van der Waals surface area contributed by atoms with Crippen LogP contribution in [0.25, 0.3) is 17.1 Å². The molecule has 3 aromatic rings. The molecule has 0 saturated carbocycles. The summed E-state index contributed by atoms with van der Waals surface area (Å²) < 4.78 is 7.21. The molecule has 2 N–H and O–H groups in total. The molecule has 0 fully saturated rings. The van der Waals surface area contributed by atoms with Gasteiger partial charge in [0.05, 0.1) is 12.0 Å². The fourth-order valence-corrected chi connectivity index (χ4v) is 2.96. The highest BCUT2D eigenvalue weighted by atomic mass is 35.5. The van der Waals surface area contributed by atoms with Crippen molar-refractivity contribution in [1.29, 1.82) is 0 Å². The van der Waals surface area contributed by atoms with Gasteiger partial charge in [-0.05, 0) is 48.4 Å². The summed E-state index contributed by atoms with van der Waals surface area (Å²) in [6.45, 7) is 5.07. The molecule has 6 nitrogen and oxygen atoms in total. The van der Waals surface area contributed by atoms with Gasteiger partial charge in [-0.1, -0.05) is 25.4 Å². The van der Waals surface area contributed by atoms with E-state index < -0.39 is 0 Å². The molecule has 0 unspecified atom stereocenters. The standard InChI is InChI=1S/C20H23ClN4O2.ClH/c1-20(2,12-22)13-24(3)19(26)16-11-17(18-5-4-10-27-18)25(23-16)15-8-6-14(21)7-9-15;/h4-11H,12-13,22H2,1-3H3;1H. The van der Waals surface area contributed by atoms with E-state index in [1.54, 1.807) is 47.2 Å². The van der Waals surface area contributed by atoms with Gasteiger partial charge < -0.3 is 15.1 Å². The van der Waals surface area contributed by atoms with Crippen LogP contribution >= 0.6 is 24.0 Å². The van der Waals surface area contributed by atoms with Gasteiger partial charge in [0.25, 0.3) is 5.91 Å². The van der Waals surface area contributed by atoms with Gasteiger partial charge in [0, 0.05) is 24.7 Å². The minimum atomic E-state index is -0.174. The molecule has 2 aromatic heterocycles. The van der Waals surface area contributed by atoms with Crippen molar-refractivity contribution in [3.63, 3.8) is 0 Å². The van der Waals surface area contributed by atoms with Gasteiger partial charge >= 0.3 is 0 Å². The van der Waals surface area contributed by atoms with Gasteiger partial charge in [0.2, 0.25) is 0 Å². The van der Waals surface area contributed by atoms with Gasteiger partial charge in [0.15, 0.2) is 11.5 Å². The maximum Gasteiger partial charge on any atom is 0.274 e. The highest BCUT2D eigenvalue weighted by molar-refractivity contribution is 6.30. The number of carbonyl (C=O) groups excluding carboxylic acids is 1. The summed E-state index contributed by atoms with van der Waals surface area (Å²) in [4.78, 5) is 14.6. The van der Waals surface area contributed by atoms with Crippen LogP contribution in [0.1, 0.15) is 24.3 Å². The van der Waals surface area contributed by atoms with E-state index in [1.165, 1.54) is 0 Å². The van der Waals surface area contributed by atoms with Crippen LogP contribution in [0, 0.1) is 5.41 Å². The predicted molar refractivity (Wildman–Crippen MR) is 113 cm³/mol. The fraction of sp³-hybridized carbons (Fsp3) is 0.300. The second kappa shape index (κ2) is 8.82. The van der Waals surface area contributed by atoms with Crippen molar-refractivity contribution in [3.8, 4) is 17.1 Å². The van der Waals surface area contributed by atoms with Crippen molar-refractivity contribution in [1.82, 2.24) is 14.7 Å². The number of benzene rings is 1. The summed E-state index contributed by atoms with van der Waals surface area (Å²) in [6.07, 6.45) is 1.59. The van der Waals surface area contributed by atoms with E-state index in [4.69, 9.17) is 21.8 Å². The Morgan fingerprint density at radius 2 is 1.96 bits per heavy atom. The van der Waals surface area contributed by atoms with Crippen molar-refractivity contribution in [2.75, 3.05) is 20.1 Å². The lowest BCUT2D eigenvalue weighted by molar-refractivity contribution is 0.0734. The molecule has 1 aromatic carbocycles. The number of rotatable bonds is 6. The monoisotopic (exact) mass is 422 g/mol. The van der Waals surface area contributed by atoms with Gasteiger partial charge in [-0.15, -0.1) is 12.4 Å². The first-order valence-electron chi connectivity index (χ1n) is 8.66. The van der Waals surface area contributed by atoms with Crippen LogP contribution in [0.2, 0.25) is 5.02 Å². The molecule has 0 bridgehead atoms. The summed E-state index contributed by atoms with van der Waals surface area (Å²) in [5.74, 6) is 0.457. The lowest BCUT2D eigenvalue weighted by Crippen LogP contribution is -2.39. The number of nitrogens with zero attached hydrogens (tertiary/aromatic N) is 3. The smallest absolute Gasteiger partial charge is 0.274 e. The Morgan fingerprint density at radius 3 is 2.54 bits per heavy atom. The maximum atomic E-state index is 12.9. The molecule has 2 heterocycles. The predicted octanol–water partition coefficient (Wildman–Crippen LogP) is 4.26. The van der Waals surface area contributed by atoms with Crippen LogP contribution in [0.3, 0.4) is 0 Å². The van der Waals surface area contributed by atoms with E-state index in [0.717, 1.165) is 5.69 Å². The fourth-order valence-electron chi connectivity index (χ4n) is 2.84. The molecule has 3 rings (SSSR count). The zero-order chi connectivity index (χ0) is 19.6. The van der Waals surface area contributed by atoms with E-state index in [2.05, 4.69) is 5.10 Å². The highest BCUT2D eigenvalue weighted by Crippen LogP contribution is 2.26. The number of hydrogen-bond acceptors (Lipinski definition) is 4. The molecule has 0 aliphatic rings. The number of carbonyl (C=O) groups is 1. The molecule has 150 valence electrons. The van der Waals surface area contributed by atoms with Gasteiger partial charge in [-0.2, -0.15) is 5.10 Å². The minimum Gasteiger partial charge on any atom is -0.463 e.